The molecule has 2 aromatic carbocycles. The SMILES string of the molecule is Cc1ccccc1OCCN(C)CC(=O)N1CCN(S(=O)(=O)c2ccccc2C#N)CC1. The van der Waals surface area contributed by atoms with Crippen molar-refractivity contribution in [3.63, 3.8) is 0 Å². The number of amides is 1. The molecular formula is C23H28N4O4S. The maximum atomic E-state index is 12.9. The van der Waals surface area contributed by atoms with E-state index in [1.54, 1.807) is 17.0 Å². The summed E-state index contributed by atoms with van der Waals surface area (Å²) in [7, 11) is -1.91. The van der Waals surface area contributed by atoms with Gasteiger partial charge in [0.25, 0.3) is 0 Å². The van der Waals surface area contributed by atoms with Crippen LogP contribution in [0.3, 0.4) is 0 Å². The Morgan fingerprint density at radius 1 is 1.09 bits per heavy atom. The van der Waals surface area contributed by atoms with Crippen molar-refractivity contribution in [3.05, 3.63) is 59.7 Å². The molecule has 1 fully saturated rings. The summed E-state index contributed by atoms with van der Waals surface area (Å²) in [5.74, 6) is 0.792. The van der Waals surface area contributed by atoms with Gasteiger partial charge in [-0.2, -0.15) is 9.57 Å². The summed E-state index contributed by atoms with van der Waals surface area (Å²) >= 11 is 0. The van der Waals surface area contributed by atoms with Gasteiger partial charge in [0.15, 0.2) is 0 Å². The lowest BCUT2D eigenvalue weighted by atomic mass is 10.2. The Labute approximate surface area is 189 Å². The first kappa shape index (κ1) is 23.7. The van der Waals surface area contributed by atoms with E-state index in [9.17, 15) is 18.5 Å². The minimum Gasteiger partial charge on any atom is -0.492 e. The first-order valence-electron chi connectivity index (χ1n) is 10.5. The zero-order valence-electron chi connectivity index (χ0n) is 18.4. The van der Waals surface area contributed by atoms with E-state index in [1.165, 1.54) is 16.4 Å². The molecule has 1 heterocycles. The quantitative estimate of drug-likeness (QED) is 0.600. The van der Waals surface area contributed by atoms with Crippen LogP contribution in [0.5, 0.6) is 5.75 Å². The first-order chi connectivity index (χ1) is 15.3. The minimum atomic E-state index is -3.77. The van der Waals surface area contributed by atoms with Gasteiger partial charge in [0, 0.05) is 32.7 Å². The molecular weight excluding hydrogens is 428 g/mol. The van der Waals surface area contributed by atoms with E-state index in [0.717, 1.165) is 11.3 Å². The molecule has 0 N–H and O–H groups in total. The molecule has 170 valence electrons. The number of rotatable bonds is 8. The topological polar surface area (TPSA) is 93.9 Å². The molecule has 8 nitrogen and oxygen atoms in total. The van der Waals surface area contributed by atoms with Crippen LogP contribution in [0.4, 0.5) is 0 Å². The highest BCUT2D eigenvalue weighted by atomic mass is 32.2. The number of likely N-dealkylation sites (N-methyl/N-ethyl adjacent to an activating group) is 1. The number of piperazine rings is 1. The summed E-state index contributed by atoms with van der Waals surface area (Å²) < 4.78 is 33.0. The summed E-state index contributed by atoms with van der Waals surface area (Å²) in [6, 6.07) is 15.9. The fourth-order valence-corrected chi connectivity index (χ4v) is 5.10. The van der Waals surface area contributed by atoms with E-state index in [2.05, 4.69) is 0 Å². The molecule has 0 bridgehead atoms. The number of benzene rings is 2. The van der Waals surface area contributed by atoms with Crippen LogP contribution in [-0.4, -0.2) is 81.4 Å². The van der Waals surface area contributed by atoms with Crippen LogP contribution in [0, 0.1) is 18.3 Å². The highest BCUT2D eigenvalue weighted by Crippen LogP contribution is 2.21. The number of hydrogen-bond donors (Lipinski definition) is 0. The van der Waals surface area contributed by atoms with Gasteiger partial charge in [-0.05, 0) is 37.7 Å². The standard InChI is InChI=1S/C23H28N4O4S/c1-19-7-3-5-9-21(19)31-16-15-25(2)18-23(28)26-11-13-27(14-12-26)32(29,30)22-10-6-4-8-20(22)17-24/h3-10H,11-16,18H2,1-2H3. The lowest BCUT2D eigenvalue weighted by Crippen LogP contribution is -2.52. The molecule has 9 heteroatoms. The van der Waals surface area contributed by atoms with Gasteiger partial charge < -0.3 is 9.64 Å². The van der Waals surface area contributed by atoms with Crippen LogP contribution in [0.2, 0.25) is 0 Å². The minimum absolute atomic E-state index is 0.00987. The molecule has 1 aliphatic rings. The smallest absolute Gasteiger partial charge is 0.244 e. The Balaban J connectivity index is 1.48. The van der Waals surface area contributed by atoms with E-state index in [-0.39, 0.29) is 36.0 Å². The van der Waals surface area contributed by atoms with E-state index in [4.69, 9.17) is 4.74 Å². The average molecular weight is 457 g/mol. The fraction of sp³-hybridized carbons (Fsp3) is 0.391. The van der Waals surface area contributed by atoms with Crippen LogP contribution >= 0.6 is 0 Å². The molecule has 0 aliphatic carbocycles. The van der Waals surface area contributed by atoms with Crippen LogP contribution in [-0.2, 0) is 14.8 Å². The van der Waals surface area contributed by atoms with Crippen molar-refractivity contribution >= 4 is 15.9 Å². The Morgan fingerprint density at radius 2 is 1.75 bits per heavy atom. The second-order valence-corrected chi connectivity index (χ2v) is 9.65. The molecule has 1 amide bonds. The summed E-state index contributed by atoms with van der Waals surface area (Å²) in [5, 5.41) is 9.22. The number of carbonyl (C=O) groups is 1. The third-order valence-corrected chi connectivity index (χ3v) is 7.40. The number of ether oxygens (including phenoxy) is 1. The van der Waals surface area contributed by atoms with Gasteiger partial charge in [0.1, 0.15) is 18.4 Å². The first-order valence-corrected chi connectivity index (χ1v) is 11.9. The highest BCUT2D eigenvalue weighted by molar-refractivity contribution is 7.89. The van der Waals surface area contributed by atoms with E-state index in [1.807, 2.05) is 49.2 Å². The van der Waals surface area contributed by atoms with Crippen molar-refractivity contribution in [3.8, 4) is 11.8 Å². The van der Waals surface area contributed by atoms with Crippen LogP contribution in [0.15, 0.2) is 53.4 Å². The predicted molar refractivity (Wildman–Crippen MR) is 121 cm³/mol. The molecule has 0 unspecified atom stereocenters. The number of nitrogens with zero attached hydrogens (tertiary/aromatic N) is 4. The number of carbonyl (C=O) groups excluding carboxylic acids is 1. The average Bonchev–Trinajstić information content (AvgIpc) is 2.80. The Hall–Kier alpha value is -2.93. The van der Waals surface area contributed by atoms with Crippen molar-refractivity contribution in [2.24, 2.45) is 0 Å². The maximum absolute atomic E-state index is 12.9. The van der Waals surface area contributed by atoms with Crippen LogP contribution in [0.1, 0.15) is 11.1 Å². The summed E-state index contributed by atoms with van der Waals surface area (Å²) in [4.78, 5) is 16.2. The van der Waals surface area contributed by atoms with Gasteiger partial charge in [0.05, 0.1) is 17.0 Å². The van der Waals surface area contributed by atoms with Gasteiger partial charge in [-0.3, -0.25) is 9.69 Å². The molecule has 0 radical (unpaired) electrons. The lowest BCUT2D eigenvalue weighted by molar-refractivity contribution is -0.133. The van der Waals surface area contributed by atoms with E-state index in [0.29, 0.717) is 26.2 Å². The zero-order chi connectivity index (χ0) is 23.1. The summed E-state index contributed by atoms with van der Waals surface area (Å²) in [5.41, 5.74) is 1.19. The van der Waals surface area contributed by atoms with E-state index < -0.39 is 10.0 Å². The van der Waals surface area contributed by atoms with Crippen molar-refractivity contribution in [2.75, 3.05) is 52.9 Å². The lowest BCUT2D eigenvalue weighted by Gasteiger charge is -2.34. The monoisotopic (exact) mass is 456 g/mol. The Bertz CT molecular complexity index is 1090. The zero-order valence-corrected chi connectivity index (χ0v) is 19.2. The highest BCUT2D eigenvalue weighted by Gasteiger charge is 2.31. The van der Waals surface area contributed by atoms with E-state index >= 15 is 0 Å². The molecule has 2 aromatic rings. The number of aryl methyl sites for hydroxylation is 1. The van der Waals surface area contributed by atoms with Crippen LogP contribution in [0.25, 0.3) is 0 Å². The number of nitriles is 1. The van der Waals surface area contributed by atoms with Crippen LogP contribution < -0.4 is 4.74 Å². The summed E-state index contributed by atoms with van der Waals surface area (Å²) in [6.07, 6.45) is 0. The molecule has 1 saturated heterocycles. The molecule has 1 aliphatic heterocycles. The molecule has 3 rings (SSSR count). The number of sulfonamides is 1. The molecule has 32 heavy (non-hydrogen) atoms. The third kappa shape index (κ3) is 5.65. The molecule has 0 saturated carbocycles. The van der Waals surface area contributed by atoms with Crippen molar-refractivity contribution in [2.45, 2.75) is 11.8 Å². The Morgan fingerprint density at radius 3 is 2.44 bits per heavy atom. The maximum Gasteiger partial charge on any atom is 0.244 e. The van der Waals surface area contributed by atoms with Crippen molar-refractivity contribution < 1.29 is 17.9 Å². The third-order valence-electron chi connectivity index (χ3n) is 5.45. The second kappa shape index (κ2) is 10.6. The fourth-order valence-electron chi connectivity index (χ4n) is 3.54. The van der Waals surface area contributed by atoms with Gasteiger partial charge in [0.2, 0.25) is 15.9 Å². The van der Waals surface area contributed by atoms with Gasteiger partial charge >= 0.3 is 0 Å². The van der Waals surface area contributed by atoms with Gasteiger partial charge in [-0.1, -0.05) is 30.3 Å². The normalized spacial score (nSPS) is 14.9. The van der Waals surface area contributed by atoms with Gasteiger partial charge in [-0.25, -0.2) is 8.42 Å². The number of hydrogen-bond acceptors (Lipinski definition) is 6. The van der Waals surface area contributed by atoms with Gasteiger partial charge in [-0.15, -0.1) is 0 Å². The largest absolute Gasteiger partial charge is 0.492 e. The summed E-state index contributed by atoms with van der Waals surface area (Å²) in [6.45, 7) is 4.34. The molecule has 0 aromatic heterocycles. The van der Waals surface area contributed by atoms with Crippen molar-refractivity contribution in [1.82, 2.24) is 14.1 Å². The molecule has 0 atom stereocenters. The Kier molecular flexibility index (Phi) is 7.85. The number of para-hydroxylation sites is 1. The molecule has 0 spiro atoms. The predicted octanol–water partition coefficient (Wildman–Crippen LogP) is 1.71. The van der Waals surface area contributed by atoms with Crippen molar-refractivity contribution in [1.29, 1.82) is 5.26 Å². The second-order valence-electron chi connectivity index (χ2n) is 7.74.